The van der Waals surface area contributed by atoms with Crippen molar-refractivity contribution in [2.24, 2.45) is 4.99 Å². The van der Waals surface area contributed by atoms with Crippen LogP contribution < -0.4 is 15.4 Å². The van der Waals surface area contributed by atoms with Crippen LogP contribution in [0, 0.1) is 13.8 Å². The molecule has 5 heteroatoms. The van der Waals surface area contributed by atoms with Crippen LogP contribution in [0.25, 0.3) is 0 Å². The molecule has 26 heavy (non-hydrogen) atoms. The third-order valence-electron chi connectivity index (χ3n) is 4.18. The lowest BCUT2D eigenvalue weighted by atomic mass is 10.1. The lowest BCUT2D eigenvalue weighted by Crippen LogP contribution is -2.38. The largest absolute Gasteiger partial charge is 0.493 e. The summed E-state index contributed by atoms with van der Waals surface area (Å²) in [5, 5.41) is 6.74. The van der Waals surface area contributed by atoms with E-state index in [9.17, 15) is 0 Å². The Hall–Kier alpha value is -2.56. The zero-order valence-electron chi connectivity index (χ0n) is 16.3. The van der Waals surface area contributed by atoms with Crippen LogP contribution in [0.5, 0.6) is 5.75 Å². The maximum absolute atomic E-state index is 5.88. The first-order valence-corrected chi connectivity index (χ1v) is 9.20. The van der Waals surface area contributed by atoms with Crippen molar-refractivity contribution in [1.29, 1.82) is 0 Å². The number of pyridine rings is 1. The molecule has 0 atom stereocenters. The highest BCUT2D eigenvalue weighted by molar-refractivity contribution is 5.79. The number of nitrogens with zero attached hydrogens (tertiary/aromatic N) is 2. The Bertz CT molecular complexity index is 728. The average molecular weight is 354 g/mol. The number of guanidine groups is 1. The normalized spacial score (nSPS) is 11.3. The van der Waals surface area contributed by atoms with Crippen LogP contribution in [0.1, 0.15) is 35.6 Å². The molecule has 1 aromatic carbocycles. The number of ether oxygens (including phenoxy) is 1. The summed E-state index contributed by atoms with van der Waals surface area (Å²) < 4.78 is 5.88. The minimum absolute atomic E-state index is 0.674. The number of aliphatic imine (C=N–C) groups is 1. The van der Waals surface area contributed by atoms with Crippen molar-refractivity contribution in [3.63, 3.8) is 0 Å². The van der Waals surface area contributed by atoms with Gasteiger partial charge >= 0.3 is 0 Å². The van der Waals surface area contributed by atoms with E-state index in [0.717, 1.165) is 43.3 Å². The first-order chi connectivity index (χ1) is 12.6. The van der Waals surface area contributed by atoms with Crippen LogP contribution >= 0.6 is 0 Å². The molecule has 0 aliphatic carbocycles. The van der Waals surface area contributed by atoms with Gasteiger partial charge < -0.3 is 15.4 Å². The van der Waals surface area contributed by atoms with Gasteiger partial charge in [-0.1, -0.05) is 19.1 Å². The Morgan fingerprint density at radius 1 is 1.15 bits per heavy atom. The number of hydrogen-bond donors (Lipinski definition) is 2. The second-order valence-corrected chi connectivity index (χ2v) is 6.36. The summed E-state index contributed by atoms with van der Waals surface area (Å²) in [7, 11) is 1.79. The fourth-order valence-corrected chi connectivity index (χ4v) is 2.65. The topological polar surface area (TPSA) is 58.5 Å². The van der Waals surface area contributed by atoms with Gasteiger partial charge in [-0.2, -0.15) is 0 Å². The number of nitrogens with one attached hydrogen (secondary N) is 2. The molecule has 0 fully saturated rings. The van der Waals surface area contributed by atoms with Gasteiger partial charge in [0.15, 0.2) is 5.96 Å². The molecule has 140 valence electrons. The molecule has 2 rings (SSSR count). The SMILES string of the molecule is CCCOc1cc(C)ccc1CNC(=NC)NCCc1ccncc1C. The average Bonchev–Trinajstić information content (AvgIpc) is 2.65. The molecular weight excluding hydrogens is 324 g/mol. The van der Waals surface area contributed by atoms with Crippen LogP contribution in [0.4, 0.5) is 0 Å². The molecule has 0 saturated carbocycles. The highest BCUT2D eigenvalue weighted by Crippen LogP contribution is 2.20. The predicted molar refractivity (Wildman–Crippen MR) is 108 cm³/mol. The van der Waals surface area contributed by atoms with Crippen LogP contribution in [0.3, 0.4) is 0 Å². The van der Waals surface area contributed by atoms with Gasteiger partial charge in [-0.3, -0.25) is 9.98 Å². The molecule has 0 aliphatic rings. The lowest BCUT2D eigenvalue weighted by Gasteiger charge is -2.15. The maximum Gasteiger partial charge on any atom is 0.191 e. The van der Waals surface area contributed by atoms with Crippen molar-refractivity contribution in [3.05, 3.63) is 58.9 Å². The standard InChI is InChI=1S/C21H30N4O/c1-5-12-26-20-13-16(2)6-7-19(20)15-25-21(22-4)24-11-9-18-8-10-23-14-17(18)3/h6-8,10,13-14H,5,9,11-12,15H2,1-4H3,(H2,22,24,25). The number of rotatable bonds is 8. The molecule has 1 heterocycles. The summed E-state index contributed by atoms with van der Waals surface area (Å²) in [6.45, 7) is 8.51. The van der Waals surface area contributed by atoms with Crippen LogP contribution in [0.2, 0.25) is 0 Å². The third kappa shape index (κ3) is 6.06. The minimum atomic E-state index is 0.674. The van der Waals surface area contributed by atoms with E-state index in [2.05, 4.69) is 65.6 Å². The summed E-state index contributed by atoms with van der Waals surface area (Å²) in [4.78, 5) is 8.44. The summed E-state index contributed by atoms with van der Waals surface area (Å²) in [5.74, 6) is 1.74. The summed E-state index contributed by atoms with van der Waals surface area (Å²) in [5.41, 5.74) is 4.86. The third-order valence-corrected chi connectivity index (χ3v) is 4.18. The summed E-state index contributed by atoms with van der Waals surface area (Å²) >= 11 is 0. The molecule has 2 N–H and O–H groups in total. The fraction of sp³-hybridized carbons (Fsp3) is 0.429. The van der Waals surface area contributed by atoms with E-state index in [-0.39, 0.29) is 0 Å². The molecular formula is C21H30N4O. The van der Waals surface area contributed by atoms with Crippen LogP contribution in [-0.4, -0.2) is 31.1 Å². The van der Waals surface area contributed by atoms with Gasteiger partial charge in [0.25, 0.3) is 0 Å². The van der Waals surface area contributed by atoms with Crippen LogP contribution in [-0.2, 0) is 13.0 Å². The zero-order valence-corrected chi connectivity index (χ0v) is 16.3. The van der Waals surface area contributed by atoms with Crippen molar-refractivity contribution in [1.82, 2.24) is 15.6 Å². The second kappa shape index (κ2) is 10.4. The maximum atomic E-state index is 5.88. The number of aromatic nitrogens is 1. The number of hydrogen-bond acceptors (Lipinski definition) is 3. The Balaban J connectivity index is 1.88. The first-order valence-electron chi connectivity index (χ1n) is 9.20. The molecule has 2 aromatic rings. The Morgan fingerprint density at radius 3 is 2.73 bits per heavy atom. The molecule has 0 unspecified atom stereocenters. The predicted octanol–water partition coefficient (Wildman–Crippen LogP) is 3.39. The molecule has 0 saturated heterocycles. The van der Waals surface area contributed by atoms with E-state index in [1.165, 1.54) is 16.7 Å². The molecule has 0 radical (unpaired) electrons. The number of benzene rings is 1. The van der Waals surface area contributed by atoms with E-state index in [0.29, 0.717) is 6.54 Å². The molecule has 0 aliphatic heterocycles. The lowest BCUT2D eigenvalue weighted by molar-refractivity contribution is 0.313. The zero-order chi connectivity index (χ0) is 18.8. The van der Waals surface area contributed by atoms with E-state index >= 15 is 0 Å². The molecule has 1 aromatic heterocycles. The molecule has 0 bridgehead atoms. The van der Waals surface area contributed by atoms with Gasteiger partial charge in [0.05, 0.1) is 6.61 Å². The van der Waals surface area contributed by atoms with E-state index in [4.69, 9.17) is 4.74 Å². The van der Waals surface area contributed by atoms with Gasteiger partial charge in [0.1, 0.15) is 5.75 Å². The van der Waals surface area contributed by atoms with Gasteiger partial charge in [0, 0.05) is 38.1 Å². The fourth-order valence-electron chi connectivity index (χ4n) is 2.65. The van der Waals surface area contributed by atoms with Gasteiger partial charge in [0.2, 0.25) is 0 Å². The highest BCUT2D eigenvalue weighted by Gasteiger charge is 2.06. The van der Waals surface area contributed by atoms with E-state index in [1.807, 2.05) is 12.4 Å². The Kier molecular flexibility index (Phi) is 7.93. The number of aryl methyl sites for hydroxylation is 2. The highest BCUT2D eigenvalue weighted by atomic mass is 16.5. The van der Waals surface area contributed by atoms with Crippen molar-refractivity contribution in [3.8, 4) is 5.75 Å². The van der Waals surface area contributed by atoms with Crippen molar-refractivity contribution in [2.45, 2.75) is 40.2 Å². The van der Waals surface area contributed by atoms with E-state index in [1.54, 1.807) is 7.05 Å². The molecule has 5 nitrogen and oxygen atoms in total. The minimum Gasteiger partial charge on any atom is -0.493 e. The van der Waals surface area contributed by atoms with E-state index < -0.39 is 0 Å². The Labute approximate surface area is 156 Å². The van der Waals surface area contributed by atoms with Gasteiger partial charge in [-0.25, -0.2) is 0 Å². The summed E-state index contributed by atoms with van der Waals surface area (Å²) in [6, 6.07) is 8.38. The second-order valence-electron chi connectivity index (χ2n) is 6.36. The van der Waals surface area contributed by atoms with Crippen LogP contribution in [0.15, 0.2) is 41.7 Å². The van der Waals surface area contributed by atoms with Crippen molar-refractivity contribution in [2.75, 3.05) is 20.2 Å². The van der Waals surface area contributed by atoms with Crippen molar-refractivity contribution < 1.29 is 4.74 Å². The first kappa shape index (κ1) is 19.8. The molecule has 0 amide bonds. The Morgan fingerprint density at radius 2 is 2.00 bits per heavy atom. The van der Waals surface area contributed by atoms with Gasteiger partial charge in [-0.05, 0) is 55.5 Å². The quantitative estimate of drug-likeness (QED) is 0.563. The van der Waals surface area contributed by atoms with Crippen molar-refractivity contribution >= 4 is 5.96 Å². The monoisotopic (exact) mass is 354 g/mol. The summed E-state index contributed by atoms with van der Waals surface area (Å²) in [6.07, 6.45) is 5.67. The van der Waals surface area contributed by atoms with Gasteiger partial charge in [-0.15, -0.1) is 0 Å². The smallest absolute Gasteiger partial charge is 0.191 e. The molecule has 0 spiro atoms.